The predicted octanol–water partition coefficient (Wildman–Crippen LogP) is 3.67. The Bertz CT molecular complexity index is 789. The zero-order valence-electron chi connectivity index (χ0n) is 16.8. The van der Waals surface area contributed by atoms with Crippen LogP contribution in [0.2, 0.25) is 0 Å². The van der Waals surface area contributed by atoms with E-state index < -0.39 is 0 Å². The smallest absolute Gasteiger partial charge is 0.170 e. The Hall–Kier alpha value is -2.15. The van der Waals surface area contributed by atoms with E-state index in [1.807, 2.05) is 12.1 Å². The molecular formula is C22H29N3O2S. The maximum absolute atomic E-state index is 5.55. The summed E-state index contributed by atoms with van der Waals surface area (Å²) in [6.07, 6.45) is 0. The maximum atomic E-state index is 5.55. The molecule has 0 aliphatic carbocycles. The fraction of sp³-hybridized carbons (Fsp3) is 0.409. The summed E-state index contributed by atoms with van der Waals surface area (Å²) in [5, 5.41) is 7.36. The van der Waals surface area contributed by atoms with E-state index in [0.29, 0.717) is 5.11 Å². The van der Waals surface area contributed by atoms with Gasteiger partial charge in [0.15, 0.2) is 5.11 Å². The molecule has 1 atom stereocenters. The van der Waals surface area contributed by atoms with Crippen LogP contribution in [0.3, 0.4) is 0 Å². The highest BCUT2D eigenvalue weighted by molar-refractivity contribution is 7.80. The standard InChI is InChI=1S/C22H29N3O2S/c1-16-4-9-20(17(2)14-16)24-22(28)23-15-21(25-10-12-27-13-11-25)18-5-7-19(26-3)8-6-18/h4-9,14,21H,10-13,15H2,1-3H3,(H2,23,24,28). The summed E-state index contributed by atoms with van der Waals surface area (Å²) in [5.74, 6) is 0.865. The highest BCUT2D eigenvalue weighted by Crippen LogP contribution is 2.24. The van der Waals surface area contributed by atoms with E-state index in [9.17, 15) is 0 Å². The fourth-order valence-corrected chi connectivity index (χ4v) is 3.68. The number of benzene rings is 2. The average molecular weight is 400 g/mol. The van der Waals surface area contributed by atoms with E-state index in [4.69, 9.17) is 21.7 Å². The summed E-state index contributed by atoms with van der Waals surface area (Å²) in [6.45, 7) is 8.26. The molecule has 0 bridgehead atoms. The molecule has 1 aliphatic heterocycles. The molecule has 6 heteroatoms. The first-order valence-corrected chi connectivity index (χ1v) is 10.1. The van der Waals surface area contributed by atoms with Gasteiger partial charge in [0.05, 0.1) is 26.4 Å². The lowest BCUT2D eigenvalue weighted by Gasteiger charge is -2.35. The number of nitrogens with one attached hydrogen (secondary N) is 2. The van der Waals surface area contributed by atoms with Gasteiger partial charge in [0.2, 0.25) is 0 Å². The summed E-state index contributed by atoms with van der Waals surface area (Å²) >= 11 is 5.55. The van der Waals surface area contributed by atoms with Gasteiger partial charge < -0.3 is 20.1 Å². The SMILES string of the molecule is COc1ccc(C(CNC(=S)Nc2ccc(C)cc2C)N2CCOCC2)cc1. The Morgan fingerprint density at radius 1 is 1.14 bits per heavy atom. The molecule has 5 nitrogen and oxygen atoms in total. The molecule has 1 heterocycles. The number of methoxy groups -OCH3 is 1. The molecule has 2 N–H and O–H groups in total. The number of rotatable bonds is 6. The molecule has 28 heavy (non-hydrogen) atoms. The van der Waals surface area contributed by atoms with Gasteiger partial charge in [-0.15, -0.1) is 0 Å². The van der Waals surface area contributed by atoms with Crippen molar-refractivity contribution in [3.63, 3.8) is 0 Å². The van der Waals surface area contributed by atoms with E-state index in [0.717, 1.165) is 44.3 Å². The summed E-state index contributed by atoms with van der Waals surface area (Å²) in [4.78, 5) is 2.44. The molecular weight excluding hydrogens is 370 g/mol. The molecule has 3 rings (SSSR count). The highest BCUT2D eigenvalue weighted by Gasteiger charge is 2.23. The molecule has 1 aliphatic rings. The maximum Gasteiger partial charge on any atom is 0.170 e. The number of thiocarbonyl (C=S) groups is 1. The summed E-state index contributed by atoms with van der Waals surface area (Å²) in [6, 6.07) is 14.8. The fourth-order valence-electron chi connectivity index (χ4n) is 3.48. The van der Waals surface area contributed by atoms with E-state index in [1.165, 1.54) is 16.7 Å². The zero-order chi connectivity index (χ0) is 19.9. The van der Waals surface area contributed by atoms with Gasteiger partial charge in [0.1, 0.15) is 5.75 Å². The van der Waals surface area contributed by atoms with Gasteiger partial charge in [-0.2, -0.15) is 0 Å². The van der Waals surface area contributed by atoms with Crippen LogP contribution in [-0.2, 0) is 4.74 Å². The first kappa shape index (κ1) is 20.6. The Kier molecular flexibility index (Phi) is 7.25. The number of nitrogens with zero attached hydrogens (tertiary/aromatic N) is 1. The van der Waals surface area contributed by atoms with Crippen LogP contribution in [0.1, 0.15) is 22.7 Å². The summed E-state index contributed by atoms with van der Waals surface area (Å²) in [5.41, 5.74) is 4.71. The minimum atomic E-state index is 0.216. The minimum absolute atomic E-state index is 0.216. The van der Waals surface area contributed by atoms with E-state index >= 15 is 0 Å². The second kappa shape index (κ2) is 9.87. The first-order chi connectivity index (χ1) is 13.6. The van der Waals surface area contributed by atoms with Crippen LogP contribution in [-0.4, -0.2) is 50.0 Å². The second-order valence-corrected chi connectivity index (χ2v) is 7.50. The normalized spacial score (nSPS) is 15.7. The zero-order valence-corrected chi connectivity index (χ0v) is 17.6. The predicted molar refractivity (Wildman–Crippen MR) is 118 cm³/mol. The summed E-state index contributed by atoms with van der Waals surface area (Å²) < 4.78 is 10.8. The highest BCUT2D eigenvalue weighted by atomic mass is 32.1. The first-order valence-electron chi connectivity index (χ1n) is 9.64. The number of hydrogen-bond acceptors (Lipinski definition) is 4. The van der Waals surface area contributed by atoms with Crippen LogP contribution in [0, 0.1) is 13.8 Å². The molecule has 150 valence electrons. The number of morpholine rings is 1. The lowest BCUT2D eigenvalue weighted by atomic mass is 10.0. The van der Waals surface area contributed by atoms with Gasteiger partial charge in [-0.25, -0.2) is 0 Å². The van der Waals surface area contributed by atoms with Crippen molar-refractivity contribution in [3.05, 3.63) is 59.2 Å². The Morgan fingerprint density at radius 2 is 1.86 bits per heavy atom. The van der Waals surface area contributed by atoms with Gasteiger partial charge >= 0.3 is 0 Å². The third-order valence-electron chi connectivity index (χ3n) is 5.07. The van der Waals surface area contributed by atoms with Crippen LogP contribution >= 0.6 is 12.2 Å². The van der Waals surface area contributed by atoms with Crippen molar-refractivity contribution in [1.29, 1.82) is 0 Å². The van der Waals surface area contributed by atoms with Gasteiger partial charge in [-0.1, -0.05) is 29.8 Å². The Balaban J connectivity index is 1.67. The van der Waals surface area contributed by atoms with E-state index in [2.05, 4.69) is 59.7 Å². The topological polar surface area (TPSA) is 45.8 Å². The number of anilines is 1. The molecule has 2 aromatic carbocycles. The molecule has 2 aromatic rings. The Labute approximate surface area is 173 Å². The van der Waals surface area contributed by atoms with Gasteiger partial charge in [0, 0.05) is 25.3 Å². The van der Waals surface area contributed by atoms with Crippen LogP contribution in [0.25, 0.3) is 0 Å². The second-order valence-electron chi connectivity index (χ2n) is 7.09. The third-order valence-corrected chi connectivity index (χ3v) is 5.32. The largest absolute Gasteiger partial charge is 0.497 e. The molecule has 1 saturated heterocycles. The van der Waals surface area contributed by atoms with Crippen LogP contribution in [0.15, 0.2) is 42.5 Å². The van der Waals surface area contributed by atoms with Crippen molar-refractivity contribution in [2.45, 2.75) is 19.9 Å². The monoisotopic (exact) mass is 399 g/mol. The van der Waals surface area contributed by atoms with Crippen molar-refractivity contribution in [1.82, 2.24) is 10.2 Å². The molecule has 0 saturated carbocycles. The molecule has 0 amide bonds. The van der Waals surface area contributed by atoms with E-state index in [-0.39, 0.29) is 6.04 Å². The summed E-state index contributed by atoms with van der Waals surface area (Å²) in [7, 11) is 1.69. The molecule has 0 spiro atoms. The quantitative estimate of drug-likeness (QED) is 0.723. The van der Waals surface area contributed by atoms with Crippen molar-refractivity contribution < 1.29 is 9.47 Å². The Morgan fingerprint density at radius 3 is 2.50 bits per heavy atom. The molecule has 1 unspecified atom stereocenters. The van der Waals surface area contributed by atoms with Crippen molar-refractivity contribution >= 4 is 23.0 Å². The van der Waals surface area contributed by atoms with Gasteiger partial charge in [-0.3, -0.25) is 4.90 Å². The number of hydrogen-bond donors (Lipinski definition) is 2. The van der Waals surface area contributed by atoms with Crippen molar-refractivity contribution in [2.24, 2.45) is 0 Å². The number of ether oxygens (including phenoxy) is 2. The average Bonchev–Trinajstić information content (AvgIpc) is 2.71. The van der Waals surface area contributed by atoms with Gasteiger partial charge in [0.25, 0.3) is 0 Å². The lowest BCUT2D eigenvalue weighted by Crippen LogP contribution is -2.44. The van der Waals surface area contributed by atoms with Crippen LogP contribution < -0.4 is 15.4 Å². The minimum Gasteiger partial charge on any atom is -0.497 e. The van der Waals surface area contributed by atoms with Gasteiger partial charge in [-0.05, 0) is 55.4 Å². The van der Waals surface area contributed by atoms with Crippen LogP contribution in [0.5, 0.6) is 5.75 Å². The third kappa shape index (κ3) is 5.44. The lowest BCUT2D eigenvalue weighted by molar-refractivity contribution is 0.0170. The molecule has 0 aromatic heterocycles. The molecule has 0 radical (unpaired) electrons. The molecule has 1 fully saturated rings. The van der Waals surface area contributed by atoms with Crippen LogP contribution in [0.4, 0.5) is 5.69 Å². The van der Waals surface area contributed by atoms with Crippen molar-refractivity contribution in [3.8, 4) is 5.75 Å². The van der Waals surface area contributed by atoms with Crippen molar-refractivity contribution in [2.75, 3.05) is 45.3 Å². The van der Waals surface area contributed by atoms with E-state index in [1.54, 1.807) is 7.11 Å². The number of aryl methyl sites for hydroxylation is 2.